The van der Waals surface area contributed by atoms with Crippen molar-refractivity contribution in [2.45, 2.75) is 19.5 Å². The number of carbonyl (C=O) groups excluding carboxylic acids is 1. The summed E-state index contributed by atoms with van der Waals surface area (Å²) in [6, 6.07) is 24.1. The van der Waals surface area contributed by atoms with E-state index in [9.17, 15) is 4.79 Å². The highest BCUT2D eigenvalue weighted by Gasteiger charge is 2.20. The third-order valence-electron chi connectivity index (χ3n) is 5.41. The number of carbonyl (C=O) groups is 1. The van der Waals surface area contributed by atoms with E-state index >= 15 is 0 Å². The Morgan fingerprint density at radius 3 is 2.28 bits per heavy atom. The molecule has 2 heterocycles. The number of nitrogens with zero attached hydrogens (tertiary/aromatic N) is 2. The average Bonchev–Trinajstić information content (AvgIpc) is 3.24. The fraction of sp³-hybridized carbons (Fsp3) is 0.292. The van der Waals surface area contributed by atoms with Crippen molar-refractivity contribution < 1.29 is 9.21 Å². The van der Waals surface area contributed by atoms with Gasteiger partial charge in [0.15, 0.2) is 5.76 Å². The van der Waals surface area contributed by atoms with Crippen LogP contribution in [-0.4, -0.2) is 37.0 Å². The zero-order valence-electron chi connectivity index (χ0n) is 16.8. The average molecular weight is 389 g/mol. The van der Waals surface area contributed by atoms with E-state index in [0.29, 0.717) is 5.76 Å². The lowest BCUT2D eigenvalue weighted by molar-refractivity contribution is 0.0907. The summed E-state index contributed by atoms with van der Waals surface area (Å²) >= 11 is 0. The quantitative estimate of drug-likeness (QED) is 0.690. The van der Waals surface area contributed by atoms with E-state index in [0.717, 1.165) is 44.0 Å². The number of nitrogens with one attached hydrogen (secondary N) is 1. The molecule has 3 aromatic rings. The second kappa shape index (κ2) is 8.97. The number of furan rings is 1. The summed E-state index contributed by atoms with van der Waals surface area (Å²) in [4.78, 5) is 17.3. The lowest BCUT2D eigenvalue weighted by Gasteiger charge is -2.35. The lowest BCUT2D eigenvalue weighted by atomic mass is 10.1. The summed E-state index contributed by atoms with van der Waals surface area (Å²) in [5.41, 5.74) is 2.35. The van der Waals surface area contributed by atoms with Gasteiger partial charge in [-0.1, -0.05) is 48.5 Å². The molecule has 29 heavy (non-hydrogen) atoms. The van der Waals surface area contributed by atoms with Crippen molar-refractivity contribution in [1.29, 1.82) is 0 Å². The Balaban J connectivity index is 1.29. The Hall–Kier alpha value is -3.05. The molecule has 1 fully saturated rings. The summed E-state index contributed by atoms with van der Waals surface area (Å²) in [5, 5.41) is 3.00. The van der Waals surface area contributed by atoms with Gasteiger partial charge in [0.25, 0.3) is 5.91 Å². The first-order valence-corrected chi connectivity index (χ1v) is 10.2. The van der Waals surface area contributed by atoms with Crippen LogP contribution in [0, 0.1) is 0 Å². The Labute approximate surface area is 171 Å². The second-order valence-corrected chi connectivity index (χ2v) is 7.47. The maximum atomic E-state index is 12.5. The molecule has 1 aliphatic rings. The molecule has 5 heteroatoms. The molecule has 5 nitrogen and oxygen atoms in total. The Bertz CT molecular complexity index is 916. The molecule has 150 valence electrons. The van der Waals surface area contributed by atoms with E-state index in [-0.39, 0.29) is 11.9 Å². The molecule has 4 rings (SSSR count). The first-order chi connectivity index (χ1) is 14.2. The Morgan fingerprint density at radius 2 is 1.59 bits per heavy atom. The normalized spacial score (nSPS) is 15.8. The van der Waals surface area contributed by atoms with Crippen LogP contribution in [0.15, 0.2) is 77.2 Å². The molecule has 1 amide bonds. The van der Waals surface area contributed by atoms with Crippen LogP contribution in [0.4, 0.5) is 5.69 Å². The van der Waals surface area contributed by atoms with Crippen molar-refractivity contribution in [3.8, 4) is 0 Å². The number of piperazine rings is 1. The summed E-state index contributed by atoms with van der Waals surface area (Å²) in [6.07, 6.45) is 0. The maximum absolute atomic E-state index is 12.5. The third-order valence-corrected chi connectivity index (χ3v) is 5.41. The summed E-state index contributed by atoms with van der Waals surface area (Å²) in [7, 11) is 0. The van der Waals surface area contributed by atoms with Gasteiger partial charge in [0.2, 0.25) is 0 Å². The van der Waals surface area contributed by atoms with Crippen LogP contribution < -0.4 is 10.2 Å². The number of amides is 1. The first-order valence-electron chi connectivity index (χ1n) is 10.2. The van der Waals surface area contributed by atoms with Gasteiger partial charge in [0.05, 0.1) is 12.6 Å². The van der Waals surface area contributed by atoms with E-state index in [4.69, 9.17) is 4.42 Å². The zero-order valence-corrected chi connectivity index (χ0v) is 16.8. The van der Waals surface area contributed by atoms with Crippen molar-refractivity contribution in [1.82, 2.24) is 10.2 Å². The fourth-order valence-electron chi connectivity index (χ4n) is 3.70. The SMILES string of the molecule is CC(NC(=O)c1ccc(CN2CCN(c3ccccc3)CC2)o1)c1ccccc1. The molecule has 0 spiro atoms. The van der Waals surface area contributed by atoms with Gasteiger partial charge in [-0.3, -0.25) is 9.69 Å². The lowest BCUT2D eigenvalue weighted by Crippen LogP contribution is -2.45. The molecule has 1 aromatic heterocycles. The number of benzene rings is 2. The molecule has 1 atom stereocenters. The van der Waals surface area contributed by atoms with Crippen molar-refractivity contribution in [3.63, 3.8) is 0 Å². The molecule has 1 aliphatic heterocycles. The number of anilines is 1. The number of rotatable bonds is 6. The monoisotopic (exact) mass is 389 g/mol. The van der Waals surface area contributed by atoms with Crippen LogP contribution in [0.25, 0.3) is 0 Å². The number of hydrogen-bond donors (Lipinski definition) is 1. The molecular formula is C24H27N3O2. The van der Waals surface area contributed by atoms with Crippen LogP contribution in [0.3, 0.4) is 0 Å². The molecule has 1 unspecified atom stereocenters. The number of hydrogen-bond acceptors (Lipinski definition) is 4. The van der Waals surface area contributed by atoms with Crippen molar-refractivity contribution in [2.24, 2.45) is 0 Å². The van der Waals surface area contributed by atoms with Crippen molar-refractivity contribution in [3.05, 3.63) is 89.9 Å². The van der Waals surface area contributed by atoms with Crippen molar-refractivity contribution >= 4 is 11.6 Å². The maximum Gasteiger partial charge on any atom is 0.287 e. The van der Waals surface area contributed by atoms with Crippen LogP contribution in [0.2, 0.25) is 0 Å². The second-order valence-electron chi connectivity index (χ2n) is 7.47. The topological polar surface area (TPSA) is 48.7 Å². The van der Waals surface area contributed by atoms with Gasteiger partial charge in [-0.2, -0.15) is 0 Å². The zero-order chi connectivity index (χ0) is 20.1. The van der Waals surface area contributed by atoms with Crippen LogP contribution >= 0.6 is 0 Å². The highest BCUT2D eigenvalue weighted by molar-refractivity contribution is 5.91. The molecular weight excluding hydrogens is 362 g/mol. The molecule has 2 aromatic carbocycles. The minimum Gasteiger partial charge on any atom is -0.455 e. The largest absolute Gasteiger partial charge is 0.455 e. The van der Waals surface area contributed by atoms with Crippen LogP contribution in [0.1, 0.15) is 34.8 Å². The third kappa shape index (κ3) is 4.87. The van der Waals surface area contributed by atoms with Gasteiger partial charge in [-0.25, -0.2) is 0 Å². The molecule has 0 saturated carbocycles. The van der Waals surface area contributed by atoms with Gasteiger partial charge < -0.3 is 14.6 Å². The fourth-order valence-corrected chi connectivity index (χ4v) is 3.70. The predicted octanol–water partition coefficient (Wildman–Crippen LogP) is 4.09. The Morgan fingerprint density at radius 1 is 0.931 bits per heavy atom. The summed E-state index contributed by atoms with van der Waals surface area (Å²) in [5.74, 6) is 1.02. The molecule has 1 saturated heterocycles. The summed E-state index contributed by atoms with van der Waals surface area (Å²) < 4.78 is 5.83. The van der Waals surface area contributed by atoms with E-state index in [1.165, 1.54) is 5.69 Å². The smallest absolute Gasteiger partial charge is 0.287 e. The van der Waals surface area contributed by atoms with Gasteiger partial charge in [0.1, 0.15) is 5.76 Å². The van der Waals surface area contributed by atoms with E-state index < -0.39 is 0 Å². The standard InChI is InChI=1S/C24H27N3O2/c1-19(20-8-4-2-5-9-20)25-24(28)23-13-12-22(29-23)18-26-14-16-27(17-15-26)21-10-6-3-7-11-21/h2-13,19H,14-18H2,1H3,(H,25,28). The van der Waals surface area contributed by atoms with E-state index in [1.54, 1.807) is 6.07 Å². The summed E-state index contributed by atoms with van der Waals surface area (Å²) in [6.45, 7) is 6.64. The van der Waals surface area contributed by atoms with Gasteiger partial charge in [-0.05, 0) is 36.8 Å². The first kappa shape index (κ1) is 19.3. The molecule has 0 bridgehead atoms. The van der Waals surface area contributed by atoms with Crippen molar-refractivity contribution in [2.75, 3.05) is 31.1 Å². The van der Waals surface area contributed by atoms with Gasteiger partial charge in [-0.15, -0.1) is 0 Å². The molecule has 1 N–H and O–H groups in total. The van der Waals surface area contributed by atoms with Gasteiger partial charge >= 0.3 is 0 Å². The number of para-hydroxylation sites is 1. The Kier molecular flexibility index (Phi) is 5.96. The molecule has 0 aliphatic carbocycles. The minimum atomic E-state index is -0.179. The van der Waals surface area contributed by atoms with Crippen LogP contribution in [-0.2, 0) is 6.54 Å². The van der Waals surface area contributed by atoms with E-state index in [2.05, 4.69) is 39.4 Å². The van der Waals surface area contributed by atoms with Gasteiger partial charge in [0, 0.05) is 31.9 Å². The highest BCUT2D eigenvalue weighted by Crippen LogP contribution is 2.18. The minimum absolute atomic E-state index is 0.0664. The van der Waals surface area contributed by atoms with E-state index in [1.807, 2.05) is 49.4 Å². The highest BCUT2D eigenvalue weighted by atomic mass is 16.4. The molecule has 0 radical (unpaired) electrons. The van der Waals surface area contributed by atoms with Crippen LogP contribution in [0.5, 0.6) is 0 Å². The predicted molar refractivity (Wildman–Crippen MR) is 115 cm³/mol.